The van der Waals surface area contributed by atoms with Crippen molar-refractivity contribution in [3.8, 4) is 0 Å². The first-order valence-corrected chi connectivity index (χ1v) is 5.15. The Morgan fingerprint density at radius 3 is 3.07 bits per heavy atom. The molecule has 2 heterocycles. The van der Waals surface area contributed by atoms with Gasteiger partial charge < -0.3 is 15.1 Å². The van der Waals surface area contributed by atoms with Crippen LogP contribution in [0.3, 0.4) is 0 Å². The standard InChI is InChI=1S/C12H12N2O/c15-7-8-5-13-6-11-12(8)9-3-1-2-4-10(9)14-11/h1-4,7-8,13-14H,5-6H2. The van der Waals surface area contributed by atoms with Crippen molar-refractivity contribution in [2.45, 2.75) is 12.5 Å². The molecule has 0 saturated heterocycles. The van der Waals surface area contributed by atoms with Crippen LogP contribution in [0.15, 0.2) is 24.3 Å². The summed E-state index contributed by atoms with van der Waals surface area (Å²) >= 11 is 0. The minimum absolute atomic E-state index is 0.00935. The number of aldehydes is 1. The number of nitrogens with one attached hydrogen (secondary N) is 2. The summed E-state index contributed by atoms with van der Waals surface area (Å²) in [6, 6.07) is 8.15. The van der Waals surface area contributed by atoms with Crippen molar-refractivity contribution < 1.29 is 4.79 Å². The molecule has 1 aromatic heterocycles. The van der Waals surface area contributed by atoms with Crippen LogP contribution in [-0.2, 0) is 11.3 Å². The summed E-state index contributed by atoms with van der Waals surface area (Å²) in [6.07, 6.45) is 1.03. The van der Waals surface area contributed by atoms with Gasteiger partial charge in [-0.3, -0.25) is 0 Å². The molecule has 1 aliphatic heterocycles. The maximum absolute atomic E-state index is 11.0. The summed E-state index contributed by atoms with van der Waals surface area (Å²) < 4.78 is 0. The lowest BCUT2D eigenvalue weighted by atomic mass is 9.94. The Hall–Kier alpha value is -1.61. The van der Waals surface area contributed by atoms with E-state index in [1.54, 1.807) is 0 Å². The lowest BCUT2D eigenvalue weighted by molar-refractivity contribution is -0.109. The van der Waals surface area contributed by atoms with Gasteiger partial charge in [0.1, 0.15) is 6.29 Å². The Kier molecular flexibility index (Phi) is 1.86. The quantitative estimate of drug-likeness (QED) is 0.686. The fourth-order valence-corrected chi connectivity index (χ4v) is 2.35. The van der Waals surface area contributed by atoms with Gasteiger partial charge in [-0.05, 0) is 11.6 Å². The molecule has 0 amide bonds. The molecule has 2 aromatic rings. The highest BCUT2D eigenvalue weighted by atomic mass is 16.1. The van der Waals surface area contributed by atoms with Crippen molar-refractivity contribution in [1.82, 2.24) is 10.3 Å². The molecule has 0 fully saturated rings. The fraction of sp³-hybridized carbons (Fsp3) is 0.250. The van der Waals surface area contributed by atoms with E-state index in [2.05, 4.69) is 22.4 Å². The number of fused-ring (bicyclic) bond motifs is 3. The van der Waals surface area contributed by atoms with Gasteiger partial charge in [0.2, 0.25) is 0 Å². The van der Waals surface area contributed by atoms with Crippen LogP contribution >= 0.6 is 0 Å². The highest BCUT2D eigenvalue weighted by molar-refractivity contribution is 5.88. The minimum Gasteiger partial charge on any atom is -0.357 e. The van der Waals surface area contributed by atoms with Crippen molar-refractivity contribution >= 4 is 17.2 Å². The van der Waals surface area contributed by atoms with Gasteiger partial charge in [0.05, 0.1) is 5.92 Å². The average Bonchev–Trinajstić information content (AvgIpc) is 2.67. The summed E-state index contributed by atoms with van der Waals surface area (Å²) in [7, 11) is 0. The van der Waals surface area contributed by atoms with E-state index in [1.807, 2.05) is 12.1 Å². The Balaban J connectivity index is 2.31. The van der Waals surface area contributed by atoms with Crippen LogP contribution in [0.5, 0.6) is 0 Å². The Morgan fingerprint density at radius 2 is 2.20 bits per heavy atom. The number of aromatic nitrogens is 1. The van der Waals surface area contributed by atoms with Gasteiger partial charge in [-0.25, -0.2) is 0 Å². The SMILES string of the molecule is O=CC1CNCc2[nH]c3ccccc3c21. The van der Waals surface area contributed by atoms with E-state index in [0.717, 1.165) is 30.6 Å². The van der Waals surface area contributed by atoms with Crippen LogP contribution < -0.4 is 5.32 Å². The van der Waals surface area contributed by atoms with E-state index in [-0.39, 0.29) is 5.92 Å². The third-order valence-corrected chi connectivity index (χ3v) is 3.03. The second-order valence-electron chi connectivity index (χ2n) is 3.94. The molecule has 3 nitrogen and oxygen atoms in total. The lowest BCUT2D eigenvalue weighted by Gasteiger charge is -2.19. The monoisotopic (exact) mass is 200 g/mol. The number of benzene rings is 1. The second kappa shape index (κ2) is 3.21. The predicted octanol–water partition coefficient (Wildman–Crippen LogP) is 1.55. The summed E-state index contributed by atoms with van der Waals surface area (Å²) in [5, 5.41) is 4.43. The van der Waals surface area contributed by atoms with Crippen LogP contribution in [0.4, 0.5) is 0 Å². The molecule has 2 N–H and O–H groups in total. The number of rotatable bonds is 1. The molecule has 1 aromatic carbocycles. The zero-order valence-electron chi connectivity index (χ0n) is 8.29. The highest BCUT2D eigenvalue weighted by Gasteiger charge is 2.23. The van der Waals surface area contributed by atoms with E-state index >= 15 is 0 Å². The number of hydrogen-bond acceptors (Lipinski definition) is 2. The molecule has 0 bridgehead atoms. The number of H-pyrrole nitrogens is 1. The van der Waals surface area contributed by atoms with Gasteiger partial charge in [-0.2, -0.15) is 0 Å². The number of para-hydroxylation sites is 1. The molecular weight excluding hydrogens is 188 g/mol. The van der Waals surface area contributed by atoms with Crippen LogP contribution in [0, 0.1) is 0 Å². The molecule has 0 aliphatic carbocycles. The van der Waals surface area contributed by atoms with E-state index < -0.39 is 0 Å². The van der Waals surface area contributed by atoms with Gasteiger partial charge in [-0.15, -0.1) is 0 Å². The van der Waals surface area contributed by atoms with Crippen molar-refractivity contribution in [3.05, 3.63) is 35.5 Å². The smallest absolute Gasteiger partial charge is 0.128 e. The van der Waals surface area contributed by atoms with Crippen molar-refractivity contribution in [2.24, 2.45) is 0 Å². The first kappa shape index (κ1) is 8.68. The van der Waals surface area contributed by atoms with E-state index in [0.29, 0.717) is 0 Å². The van der Waals surface area contributed by atoms with Gasteiger partial charge >= 0.3 is 0 Å². The predicted molar refractivity (Wildman–Crippen MR) is 58.8 cm³/mol. The van der Waals surface area contributed by atoms with Crippen molar-refractivity contribution in [1.29, 1.82) is 0 Å². The second-order valence-corrected chi connectivity index (χ2v) is 3.94. The van der Waals surface area contributed by atoms with E-state index in [9.17, 15) is 4.79 Å². The molecule has 15 heavy (non-hydrogen) atoms. The van der Waals surface area contributed by atoms with Gasteiger partial charge in [0, 0.05) is 29.7 Å². The number of carbonyl (C=O) groups is 1. The zero-order chi connectivity index (χ0) is 10.3. The van der Waals surface area contributed by atoms with Gasteiger partial charge in [0.15, 0.2) is 0 Å². The number of aromatic amines is 1. The molecular formula is C12H12N2O. The number of carbonyl (C=O) groups excluding carboxylic acids is 1. The summed E-state index contributed by atoms with van der Waals surface area (Å²) in [6.45, 7) is 1.58. The van der Waals surface area contributed by atoms with Gasteiger partial charge in [0.25, 0.3) is 0 Å². The largest absolute Gasteiger partial charge is 0.357 e. The van der Waals surface area contributed by atoms with Crippen LogP contribution in [0.2, 0.25) is 0 Å². The molecule has 0 saturated carbocycles. The Labute approximate surface area is 87.5 Å². The molecule has 1 atom stereocenters. The molecule has 0 radical (unpaired) electrons. The molecule has 0 spiro atoms. The van der Waals surface area contributed by atoms with Gasteiger partial charge in [-0.1, -0.05) is 18.2 Å². The maximum atomic E-state index is 11.0. The topological polar surface area (TPSA) is 44.9 Å². The van der Waals surface area contributed by atoms with Crippen LogP contribution in [0.25, 0.3) is 10.9 Å². The average molecular weight is 200 g/mol. The lowest BCUT2D eigenvalue weighted by Crippen LogP contribution is -2.28. The van der Waals surface area contributed by atoms with E-state index in [1.165, 1.54) is 10.9 Å². The fourth-order valence-electron chi connectivity index (χ4n) is 2.35. The molecule has 1 aliphatic rings. The van der Waals surface area contributed by atoms with Crippen LogP contribution in [0.1, 0.15) is 17.2 Å². The maximum Gasteiger partial charge on any atom is 0.128 e. The summed E-state index contributed by atoms with van der Waals surface area (Å²) in [5.41, 5.74) is 3.46. The molecule has 3 rings (SSSR count). The normalized spacial score (nSPS) is 20.1. The molecule has 76 valence electrons. The minimum atomic E-state index is -0.00935. The third kappa shape index (κ3) is 1.20. The van der Waals surface area contributed by atoms with Crippen LogP contribution in [-0.4, -0.2) is 17.8 Å². The zero-order valence-corrected chi connectivity index (χ0v) is 8.29. The molecule has 1 unspecified atom stereocenters. The summed E-state index contributed by atoms with van der Waals surface area (Å²) in [4.78, 5) is 14.4. The highest BCUT2D eigenvalue weighted by Crippen LogP contribution is 2.30. The first-order chi connectivity index (χ1) is 7.40. The van der Waals surface area contributed by atoms with Crippen molar-refractivity contribution in [3.63, 3.8) is 0 Å². The first-order valence-electron chi connectivity index (χ1n) is 5.15. The third-order valence-electron chi connectivity index (χ3n) is 3.03. The van der Waals surface area contributed by atoms with E-state index in [4.69, 9.17) is 0 Å². The van der Waals surface area contributed by atoms with Crippen molar-refractivity contribution in [2.75, 3.05) is 6.54 Å². The summed E-state index contributed by atoms with van der Waals surface area (Å²) in [5.74, 6) is -0.00935. The number of hydrogen-bond donors (Lipinski definition) is 2. The Bertz CT molecular complexity index is 515. The Morgan fingerprint density at radius 1 is 1.33 bits per heavy atom. The molecule has 3 heteroatoms.